The van der Waals surface area contributed by atoms with E-state index in [9.17, 15) is 18.4 Å². The molecule has 18 heavy (non-hydrogen) atoms. The van der Waals surface area contributed by atoms with Gasteiger partial charge < -0.3 is 0 Å². The fraction of sp³-hybridized carbons (Fsp3) is 0.231. The number of hydrogen-bond donors (Lipinski definition) is 0. The van der Waals surface area contributed by atoms with Gasteiger partial charge in [-0.15, -0.1) is 0 Å². The molecule has 0 atom stereocenters. The van der Waals surface area contributed by atoms with Gasteiger partial charge in [0, 0.05) is 6.54 Å². The number of Topliss-reactive ketones (excluding diaryl/α,β-unsaturated/α-hetero) is 1. The van der Waals surface area contributed by atoms with E-state index in [1.54, 1.807) is 0 Å². The lowest BCUT2D eigenvalue weighted by Crippen LogP contribution is -2.31. The van der Waals surface area contributed by atoms with Crippen LogP contribution in [-0.4, -0.2) is 18.2 Å². The zero-order valence-electron chi connectivity index (χ0n) is 9.80. The summed E-state index contributed by atoms with van der Waals surface area (Å²) < 4.78 is 27.2. The summed E-state index contributed by atoms with van der Waals surface area (Å²) in [5, 5.41) is 0. The maximum absolute atomic E-state index is 13.7. The smallest absolute Gasteiger partial charge is 0.298 e. The molecule has 5 heteroatoms. The average molecular weight is 251 g/mol. The zero-order chi connectivity index (χ0) is 13.4. The first-order valence-electron chi connectivity index (χ1n) is 5.48. The number of ketones is 1. The van der Waals surface area contributed by atoms with Crippen LogP contribution in [0.4, 0.5) is 14.5 Å². The Morgan fingerprint density at radius 1 is 1.28 bits per heavy atom. The molecule has 1 heterocycles. The van der Waals surface area contributed by atoms with Crippen LogP contribution in [0, 0.1) is 11.6 Å². The first kappa shape index (κ1) is 12.4. The zero-order valence-corrected chi connectivity index (χ0v) is 9.80. The average Bonchev–Trinajstić information content (AvgIpc) is 2.60. The Labute approximate surface area is 103 Å². The van der Waals surface area contributed by atoms with Gasteiger partial charge in [0.2, 0.25) is 0 Å². The summed E-state index contributed by atoms with van der Waals surface area (Å²) in [6.07, 6.45) is 0.588. The molecule has 1 amide bonds. The van der Waals surface area contributed by atoms with Crippen molar-refractivity contribution in [1.82, 2.24) is 0 Å². The molecule has 1 aliphatic rings. The Kier molecular flexibility index (Phi) is 2.98. The Bertz CT molecular complexity index is 566. The molecule has 0 unspecified atom stereocenters. The molecule has 94 valence electrons. The molecular formula is C13H11F2NO2. The SMILES string of the molecule is C=C(CC)CN1C(=O)C(=O)c2c(F)ccc(F)c21. The van der Waals surface area contributed by atoms with E-state index in [0.29, 0.717) is 12.0 Å². The van der Waals surface area contributed by atoms with Gasteiger partial charge in [-0.3, -0.25) is 14.5 Å². The van der Waals surface area contributed by atoms with Crippen molar-refractivity contribution in [2.24, 2.45) is 0 Å². The lowest BCUT2D eigenvalue weighted by Gasteiger charge is -2.17. The predicted molar refractivity (Wildman–Crippen MR) is 62.5 cm³/mol. The highest BCUT2D eigenvalue weighted by molar-refractivity contribution is 6.52. The molecule has 0 radical (unpaired) electrons. The summed E-state index contributed by atoms with van der Waals surface area (Å²) in [6, 6.07) is 1.75. The molecule has 1 aliphatic heterocycles. The fourth-order valence-corrected chi connectivity index (χ4v) is 1.84. The van der Waals surface area contributed by atoms with Gasteiger partial charge in [-0.2, -0.15) is 0 Å². The number of amides is 1. The highest BCUT2D eigenvalue weighted by Gasteiger charge is 2.40. The van der Waals surface area contributed by atoms with E-state index < -0.39 is 28.9 Å². The first-order valence-corrected chi connectivity index (χ1v) is 5.48. The maximum Gasteiger partial charge on any atom is 0.299 e. The van der Waals surface area contributed by atoms with E-state index in [0.717, 1.165) is 17.0 Å². The number of carbonyl (C=O) groups is 2. The van der Waals surface area contributed by atoms with Crippen molar-refractivity contribution in [2.75, 3.05) is 11.4 Å². The Morgan fingerprint density at radius 2 is 1.89 bits per heavy atom. The highest BCUT2D eigenvalue weighted by Crippen LogP contribution is 2.34. The molecule has 0 saturated carbocycles. The number of anilines is 1. The first-order chi connectivity index (χ1) is 8.47. The van der Waals surface area contributed by atoms with Crippen LogP contribution in [0.25, 0.3) is 0 Å². The van der Waals surface area contributed by atoms with Crippen LogP contribution in [0.5, 0.6) is 0 Å². The summed E-state index contributed by atoms with van der Waals surface area (Å²) in [4.78, 5) is 24.3. The minimum atomic E-state index is -1.01. The van der Waals surface area contributed by atoms with Crippen LogP contribution in [0.1, 0.15) is 23.7 Å². The Morgan fingerprint density at radius 3 is 2.50 bits per heavy atom. The van der Waals surface area contributed by atoms with Crippen LogP contribution in [0.2, 0.25) is 0 Å². The van der Waals surface area contributed by atoms with E-state index in [1.807, 2.05) is 6.92 Å². The van der Waals surface area contributed by atoms with Crippen LogP contribution in [-0.2, 0) is 4.79 Å². The second kappa shape index (κ2) is 4.33. The Hall–Kier alpha value is -2.04. The largest absolute Gasteiger partial charge is 0.299 e. The fourth-order valence-electron chi connectivity index (χ4n) is 1.84. The number of fused-ring (bicyclic) bond motifs is 1. The molecule has 3 nitrogen and oxygen atoms in total. The minimum Gasteiger partial charge on any atom is -0.298 e. The van der Waals surface area contributed by atoms with Crippen molar-refractivity contribution < 1.29 is 18.4 Å². The summed E-state index contributed by atoms with van der Waals surface area (Å²) >= 11 is 0. The standard InChI is InChI=1S/C13H11F2NO2/c1-3-7(2)6-16-11-9(15)5-4-8(14)10(11)12(17)13(16)18/h4-5H,2-3,6H2,1H3. The third kappa shape index (κ3) is 1.72. The number of nitrogens with zero attached hydrogens (tertiary/aromatic N) is 1. The second-order valence-corrected chi connectivity index (χ2v) is 4.08. The molecule has 0 fully saturated rings. The van der Waals surface area contributed by atoms with E-state index in [4.69, 9.17) is 0 Å². The second-order valence-electron chi connectivity index (χ2n) is 4.08. The van der Waals surface area contributed by atoms with E-state index in [2.05, 4.69) is 6.58 Å². The quantitative estimate of drug-likeness (QED) is 0.611. The van der Waals surface area contributed by atoms with Crippen LogP contribution < -0.4 is 4.90 Å². The molecule has 2 rings (SSSR count). The molecule has 1 aromatic carbocycles. The van der Waals surface area contributed by atoms with E-state index in [1.165, 1.54) is 0 Å². The lowest BCUT2D eigenvalue weighted by atomic mass is 10.1. The van der Waals surface area contributed by atoms with Gasteiger partial charge in [-0.05, 0) is 18.6 Å². The topological polar surface area (TPSA) is 37.4 Å². The number of carbonyl (C=O) groups excluding carboxylic acids is 2. The van der Waals surface area contributed by atoms with Gasteiger partial charge in [0.1, 0.15) is 11.6 Å². The summed E-state index contributed by atoms with van der Waals surface area (Å²) in [6.45, 7) is 5.55. The van der Waals surface area contributed by atoms with Crippen LogP contribution in [0.3, 0.4) is 0 Å². The van der Waals surface area contributed by atoms with Crippen molar-refractivity contribution in [3.8, 4) is 0 Å². The van der Waals surface area contributed by atoms with Crippen molar-refractivity contribution >= 4 is 17.4 Å². The van der Waals surface area contributed by atoms with E-state index >= 15 is 0 Å². The molecule has 0 saturated heterocycles. The van der Waals surface area contributed by atoms with Gasteiger partial charge >= 0.3 is 0 Å². The van der Waals surface area contributed by atoms with Crippen molar-refractivity contribution in [3.05, 3.63) is 41.5 Å². The van der Waals surface area contributed by atoms with Gasteiger partial charge in [-0.25, -0.2) is 8.78 Å². The number of halogens is 2. The van der Waals surface area contributed by atoms with Crippen LogP contribution in [0.15, 0.2) is 24.3 Å². The van der Waals surface area contributed by atoms with E-state index in [-0.39, 0.29) is 12.2 Å². The van der Waals surface area contributed by atoms with Gasteiger partial charge in [0.05, 0.1) is 11.3 Å². The molecule has 1 aromatic rings. The third-order valence-corrected chi connectivity index (χ3v) is 2.90. The highest BCUT2D eigenvalue weighted by atomic mass is 19.1. The van der Waals surface area contributed by atoms with Crippen LogP contribution >= 0.6 is 0 Å². The normalized spacial score (nSPS) is 14.1. The summed E-state index contributed by atoms with van der Waals surface area (Å²) in [5.74, 6) is -3.58. The summed E-state index contributed by atoms with van der Waals surface area (Å²) in [5.41, 5.74) is -0.101. The van der Waals surface area contributed by atoms with Gasteiger partial charge in [0.15, 0.2) is 0 Å². The minimum absolute atomic E-state index is 0.0223. The number of hydrogen-bond acceptors (Lipinski definition) is 2. The molecule has 0 N–H and O–H groups in total. The molecule has 0 aromatic heterocycles. The van der Waals surface area contributed by atoms with Gasteiger partial charge in [0.25, 0.3) is 11.7 Å². The number of rotatable bonds is 3. The van der Waals surface area contributed by atoms with Gasteiger partial charge in [-0.1, -0.05) is 19.1 Å². The summed E-state index contributed by atoms with van der Waals surface area (Å²) in [7, 11) is 0. The number of benzene rings is 1. The van der Waals surface area contributed by atoms with Crippen molar-refractivity contribution in [3.63, 3.8) is 0 Å². The monoisotopic (exact) mass is 251 g/mol. The molecule has 0 spiro atoms. The molecule has 0 bridgehead atoms. The predicted octanol–water partition coefficient (Wildman–Crippen LogP) is 2.46. The Balaban J connectivity index is 2.55. The van der Waals surface area contributed by atoms with Crippen molar-refractivity contribution in [1.29, 1.82) is 0 Å². The molecular weight excluding hydrogens is 240 g/mol. The maximum atomic E-state index is 13.7. The third-order valence-electron chi connectivity index (χ3n) is 2.90. The lowest BCUT2D eigenvalue weighted by molar-refractivity contribution is -0.114. The molecule has 0 aliphatic carbocycles. The van der Waals surface area contributed by atoms with Crippen molar-refractivity contribution in [2.45, 2.75) is 13.3 Å².